The van der Waals surface area contributed by atoms with Crippen molar-refractivity contribution >= 4 is 40.2 Å². The van der Waals surface area contributed by atoms with Crippen molar-refractivity contribution in [2.45, 2.75) is 25.5 Å². The summed E-state index contributed by atoms with van der Waals surface area (Å²) >= 11 is 2.82. The zero-order valence-corrected chi connectivity index (χ0v) is 13.2. The lowest BCUT2D eigenvalue weighted by Gasteiger charge is -2.07. The number of hydrogen-bond donors (Lipinski definition) is 1. The topological polar surface area (TPSA) is 72.9 Å². The van der Waals surface area contributed by atoms with Gasteiger partial charge in [0.05, 0.1) is 17.1 Å². The fourth-order valence-electron chi connectivity index (χ4n) is 2.21. The zero-order valence-electron chi connectivity index (χ0n) is 11.6. The fraction of sp³-hybridized carbons (Fsp3) is 0.308. The summed E-state index contributed by atoms with van der Waals surface area (Å²) in [6, 6.07) is 2.00. The van der Waals surface area contributed by atoms with Gasteiger partial charge >= 0.3 is 5.97 Å². The molecule has 0 atom stereocenters. The summed E-state index contributed by atoms with van der Waals surface area (Å²) in [6.45, 7) is 4.69. The first-order valence-corrected chi connectivity index (χ1v) is 8.37. The second-order valence-corrected chi connectivity index (χ2v) is 6.19. The standard InChI is InChI=1S/C13H14N4O2S2/c1-3-16-12-11(8(2)15-16)14-13(21-7-10(18)19)17(12)9-4-5-20-6-9/h4-6H,3,7H2,1-2H3,(H,18,19). The molecule has 8 heteroatoms. The molecule has 0 unspecified atom stereocenters. The molecule has 0 aliphatic carbocycles. The number of carbonyl (C=O) groups is 1. The predicted molar refractivity (Wildman–Crippen MR) is 83.5 cm³/mol. The van der Waals surface area contributed by atoms with E-state index in [1.165, 1.54) is 11.8 Å². The highest BCUT2D eigenvalue weighted by molar-refractivity contribution is 7.99. The maximum Gasteiger partial charge on any atom is 0.313 e. The van der Waals surface area contributed by atoms with Crippen LogP contribution in [0.25, 0.3) is 16.9 Å². The number of rotatable bonds is 5. The van der Waals surface area contributed by atoms with E-state index >= 15 is 0 Å². The van der Waals surface area contributed by atoms with Crippen molar-refractivity contribution in [1.82, 2.24) is 19.3 Å². The second kappa shape index (κ2) is 5.53. The Morgan fingerprint density at radius 3 is 2.95 bits per heavy atom. The van der Waals surface area contributed by atoms with Crippen molar-refractivity contribution in [3.05, 3.63) is 22.5 Å². The molecule has 0 aliphatic heterocycles. The molecule has 0 aliphatic rings. The van der Waals surface area contributed by atoms with Gasteiger partial charge in [-0.25, -0.2) is 9.67 Å². The lowest BCUT2D eigenvalue weighted by molar-refractivity contribution is -0.133. The van der Waals surface area contributed by atoms with Gasteiger partial charge < -0.3 is 5.11 Å². The highest BCUT2D eigenvalue weighted by atomic mass is 32.2. The van der Waals surface area contributed by atoms with Crippen molar-refractivity contribution in [3.8, 4) is 5.69 Å². The average molecular weight is 322 g/mol. The third-order valence-electron chi connectivity index (χ3n) is 3.07. The molecular formula is C13H14N4O2S2. The normalized spacial score (nSPS) is 11.3. The van der Waals surface area contributed by atoms with Gasteiger partial charge in [-0.15, -0.1) is 0 Å². The molecule has 0 spiro atoms. The van der Waals surface area contributed by atoms with Gasteiger partial charge in [-0.3, -0.25) is 9.36 Å². The molecule has 1 N–H and O–H groups in total. The number of carboxylic acid groups (broad SMARTS) is 1. The van der Waals surface area contributed by atoms with Gasteiger partial charge in [0.15, 0.2) is 10.8 Å². The number of carboxylic acids is 1. The van der Waals surface area contributed by atoms with Gasteiger partial charge in [-0.05, 0) is 25.3 Å². The van der Waals surface area contributed by atoms with Crippen molar-refractivity contribution in [2.75, 3.05) is 5.75 Å². The smallest absolute Gasteiger partial charge is 0.313 e. The SMILES string of the molecule is CCn1nc(C)c2nc(SCC(=O)O)n(-c3ccsc3)c21. The van der Waals surface area contributed by atoms with Crippen LogP contribution >= 0.6 is 23.1 Å². The van der Waals surface area contributed by atoms with Gasteiger partial charge in [0.25, 0.3) is 0 Å². The Kier molecular flexibility index (Phi) is 3.73. The van der Waals surface area contributed by atoms with Gasteiger partial charge in [-0.1, -0.05) is 11.8 Å². The Morgan fingerprint density at radius 1 is 1.52 bits per heavy atom. The number of imidazole rings is 1. The van der Waals surface area contributed by atoms with Crippen LogP contribution in [0.3, 0.4) is 0 Å². The lowest BCUT2D eigenvalue weighted by Crippen LogP contribution is -2.05. The predicted octanol–water partition coefficient (Wildman–Crippen LogP) is 2.79. The Labute approximate surface area is 129 Å². The van der Waals surface area contributed by atoms with Gasteiger partial charge in [0.1, 0.15) is 5.52 Å². The van der Waals surface area contributed by atoms with Crippen molar-refractivity contribution in [3.63, 3.8) is 0 Å². The number of aryl methyl sites for hydroxylation is 2. The first-order valence-electron chi connectivity index (χ1n) is 6.44. The molecule has 0 saturated carbocycles. The number of hydrogen-bond acceptors (Lipinski definition) is 5. The van der Waals surface area contributed by atoms with Crippen molar-refractivity contribution < 1.29 is 9.90 Å². The maximum absolute atomic E-state index is 10.8. The van der Waals surface area contributed by atoms with Crippen LogP contribution in [0.1, 0.15) is 12.6 Å². The summed E-state index contributed by atoms with van der Waals surface area (Å²) < 4.78 is 3.89. The van der Waals surface area contributed by atoms with E-state index in [2.05, 4.69) is 10.1 Å². The van der Waals surface area contributed by atoms with E-state index in [0.717, 1.165) is 29.1 Å². The maximum atomic E-state index is 10.8. The van der Waals surface area contributed by atoms with Crippen LogP contribution < -0.4 is 0 Å². The van der Waals surface area contributed by atoms with E-state index in [0.29, 0.717) is 5.16 Å². The third-order valence-corrected chi connectivity index (χ3v) is 4.66. The molecule has 3 aromatic rings. The highest BCUT2D eigenvalue weighted by Gasteiger charge is 2.20. The van der Waals surface area contributed by atoms with E-state index in [1.807, 2.05) is 39.9 Å². The third kappa shape index (κ3) is 2.44. The molecule has 0 amide bonds. The Balaban J connectivity index is 2.22. The highest BCUT2D eigenvalue weighted by Crippen LogP contribution is 2.30. The van der Waals surface area contributed by atoms with Crippen molar-refractivity contribution in [2.24, 2.45) is 0 Å². The first-order chi connectivity index (χ1) is 10.1. The summed E-state index contributed by atoms with van der Waals surface area (Å²) in [4.78, 5) is 15.4. The van der Waals surface area contributed by atoms with E-state index < -0.39 is 5.97 Å². The minimum absolute atomic E-state index is 0.0116. The van der Waals surface area contributed by atoms with Gasteiger partial charge in [0, 0.05) is 11.9 Å². The van der Waals surface area contributed by atoms with Gasteiger partial charge in [0.2, 0.25) is 0 Å². The van der Waals surface area contributed by atoms with Gasteiger partial charge in [-0.2, -0.15) is 16.4 Å². The molecule has 6 nitrogen and oxygen atoms in total. The summed E-state index contributed by atoms with van der Waals surface area (Å²) in [5.41, 5.74) is 3.60. The van der Waals surface area contributed by atoms with Crippen LogP contribution in [-0.4, -0.2) is 36.2 Å². The van der Waals surface area contributed by atoms with Crippen LogP contribution in [0.4, 0.5) is 0 Å². The quantitative estimate of drug-likeness (QED) is 0.731. The fourth-order valence-corrected chi connectivity index (χ4v) is 3.56. The van der Waals surface area contributed by atoms with Crippen LogP contribution in [-0.2, 0) is 11.3 Å². The monoisotopic (exact) mass is 322 g/mol. The molecule has 110 valence electrons. The first kappa shape index (κ1) is 14.2. The zero-order chi connectivity index (χ0) is 15.0. The Morgan fingerprint density at radius 2 is 2.33 bits per heavy atom. The molecule has 21 heavy (non-hydrogen) atoms. The molecule has 0 bridgehead atoms. The molecule has 0 aromatic carbocycles. The molecule has 0 fully saturated rings. The number of thiophene rings is 1. The average Bonchev–Trinajstić information content (AvgIpc) is 3.13. The Bertz CT molecular complexity index is 789. The molecule has 0 radical (unpaired) electrons. The van der Waals surface area contributed by atoms with E-state index in [1.54, 1.807) is 11.3 Å². The number of fused-ring (bicyclic) bond motifs is 1. The van der Waals surface area contributed by atoms with E-state index in [9.17, 15) is 4.79 Å². The number of nitrogens with zero attached hydrogens (tertiary/aromatic N) is 4. The summed E-state index contributed by atoms with van der Waals surface area (Å²) in [5, 5.41) is 18.1. The molecule has 3 aromatic heterocycles. The largest absolute Gasteiger partial charge is 0.481 e. The number of aromatic nitrogens is 4. The minimum atomic E-state index is -0.849. The Hall–Kier alpha value is -1.80. The van der Waals surface area contributed by atoms with Crippen LogP contribution in [0.5, 0.6) is 0 Å². The van der Waals surface area contributed by atoms with E-state index in [4.69, 9.17) is 5.11 Å². The lowest BCUT2D eigenvalue weighted by atomic mass is 10.4. The van der Waals surface area contributed by atoms with Crippen LogP contribution in [0.2, 0.25) is 0 Å². The molecular weight excluding hydrogens is 308 g/mol. The molecule has 3 heterocycles. The second-order valence-electron chi connectivity index (χ2n) is 4.47. The molecule has 3 rings (SSSR count). The number of aliphatic carboxylic acids is 1. The van der Waals surface area contributed by atoms with Crippen LogP contribution in [0.15, 0.2) is 22.0 Å². The van der Waals surface area contributed by atoms with E-state index in [-0.39, 0.29) is 5.75 Å². The van der Waals surface area contributed by atoms with Crippen LogP contribution in [0, 0.1) is 6.92 Å². The summed E-state index contributed by atoms with van der Waals surface area (Å²) in [5.74, 6) is -0.861. The minimum Gasteiger partial charge on any atom is -0.481 e. The molecule has 0 saturated heterocycles. The van der Waals surface area contributed by atoms with Crippen molar-refractivity contribution in [1.29, 1.82) is 0 Å². The summed E-state index contributed by atoms with van der Waals surface area (Å²) in [7, 11) is 0. The summed E-state index contributed by atoms with van der Waals surface area (Å²) in [6.07, 6.45) is 0. The number of thioether (sulfide) groups is 1.